The number of hydrazine groups is 1. The Morgan fingerprint density at radius 3 is 2.39 bits per heavy atom. The smallest absolute Gasteiger partial charge is 0.267 e. The Bertz CT molecular complexity index is 1070. The second-order valence-corrected chi connectivity index (χ2v) is 9.56. The fraction of sp³-hybridized carbons (Fsp3) is 0.100. The molecule has 1 N–H and O–H groups in total. The van der Waals surface area contributed by atoms with Gasteiger partial charge in [-0.2, -0.15) is 0 Å². The molecule has 2 aromatic rings. The van der Waals surface area contributed by atoms with Gasteiger partial charge in [0.2, 0.25) is 0 Å². The highest BCUT2D eigenvalue weighted by Crippen LogP contribution is 2.31. The zero-order valence-corrected chi connectivity index (χ0v) is 17.7. The predicted octanol–water partition coefficient (Wildman–Crippen LogP) is 4.04. The Labute approximate surface area is 174 Å². The molecule has 144 valence electrons. The van der Waals surface area contributed by atoms with Crippen LogP contribution in [-0.4, -0.2) is 23.7 Å². The lowest BCUT2D eigenvalue weighted by Gasteiger charge is -2.16. The van der Waals surface area contributed by atoms with Crippen molar-refractivity contribution >= 4 is 50.3 Å². The van der Waals surface area contributed by atoms with Crippen LogP contribution in [0.25, 0.3) is 6.08 Å². The van der Waals surface area contributed by atoms with E-state index in [0.717, 1.165) is 33.5 Å². The number of thiocarbonyl (C=S) groups is 1. The van der Waals surface area contributed by atoms with E-state index in [1.165, 1.54) is 12.1 Å². The summed E-state index contributed by atoms with van der Waals surface area (Å²) < 4.78 is 25.3. The third-order valence-corrected chi connectivity index (χ3v) is 6.51. The highest BCUT2D eigenvalue weighted by Gasteiger charge is 2.35. The number of allylic oxidation sites excluding steroid dienone is 2. The number of rotatable bonds is 5. The maximum Gasteiger partial charge on any atom is 0.281 e. The van der Waals surface area contributed by atoms with Gasteiger partial charge in [0.05, 0.1) is 9.80 Å². The van der Waals surface area contributed by atoms with Crippen LogP contribution in [0.5, 0.6) is 0 Å². The summed E-state index contributed by atoms with van der Waals surface area (Å²) in [5.74, 6) is -0.494. The van der Waals surface area contributed by atoms with Gasteiger partial charge in [0.25, 0.3) is 15.9 Å². The van der Waals surface area contributed by atoms with Crippen LogP contribution in [-0.2, 0) is 14.8 Å². The minimum absolute atomic E-state index is 0.0660. The summed E-state index contributed by atoms with van der Waals surface area (Å²) in [5.41, 5.74) is 2.80. The normalized spacial score (nSPS) is 16.9. The van der Waals surface area contributed by atoms with Gasteiger partial charge in [-0.05, 0) is 43.2 Å². The first-order valence-corrected chi connectivity index (χ1v) is 11.1. The largest absolute Gasteiger partial charge is 0.281 e. The number of hydrogen-bond donors (Lipinski definition) is 1. The maximum absolute atomic E-state index is 12.7. The number of nitrogens with zero attached hydrogens (tertiary/aromatic N) is 1. The highest BCUT2D eigenvalue weighted by molar-refractivity contribution is 8.26. The number of hydrogen-bond acceptors (Lipinski definition) is 5. The number of benzene rings is 2. The molecule has 2 aromatic carbocycles. The summed E-state index contributed by atoms with van der Waals surface area (Å²) in [6.07, 6.45) is 3.63. The molecule has 5 nitrogen and oxygen atoms in total. The molecule has 1 aliphatic heterocycles. The Morgan fingerprint density at radius 2 is 1.75 bits per heavy atom. The van der Waals surface area contributed by atoms with E-state index in [9.17, 15) is 13.2 Å². The molecular formula is C20H18N2O3S3. The topological polar surface area (TPSA) is 66.5 Å². The van der Waals surface area contributed by atoms with Gasteiger partial charge in [0, 0.05) is 0 Å². The fourth-order valence-electron chi connectivity index (χ4n) is 2.50. The lowest BCUT2D eigenvalue weighted by molar-refractivity contribution is -0.123. The number of sulfonamides is 1. The van der Waals surface area contributed by atoms with Crippen LogP contribution in [0.1, 0.15) is 18.1 Å². The average molecular weight is 431 g/mol. The van der Waals surface area contributed by atoms with E-state index in [1.54, 1.807) is 18.2 Å². The van der Waals surface area contributed by atoms with Gasteiger partial charge >= 0.3 is 0 Å². The zero-order valence-electron chi connectivity index (χ0n) is 15.2. The Hall–Kier alpha value is -2.26. The fourth-order valence-corrected chi connectivity index (χ4v) is 4.86. The Morgan fingerprint density at radius 1 is 1.11 bits per heavy atom. The Balaban J connectivity index is 1.80. The molecule has 28 heavy (non-hydrogen) atoms. The molecule has 1 aliphatic rings. The second-order valence-electron chi connectivity index (χ2n) is 6.22. The molecule has 0 radical (unpaired) electrons. The molecule has 1 saturated heterocycles. The number of thioether (sulfide) groups is 1. The van der Waals surface area contributed by atoms with Crippen LogP contribution in [0.3, 0.4) is 0 Å². The van der Waals surface area contributed by atoms with Crippen molar-refractivity contribution in [2.75, 3.05) is 0 Å². The van der Waals surface area contributed by atoms with E-state index in [0.29, 0.717) is 4.91 Å². The minimum atomic E-state index is -3.91. The van der Waals surface area contributed by atoms with Crippen molar-refractivity contribution in [3.05, 3.63) is 82.3 Å². The van der Waals surface area contributed by atoms with Crippen molar-refractivity contribution in [2.45, 2.75) is 18.7 Å². The van der Waals surface area contributed by atoms with E-state index in [4.69, 9.17) is 12.2 Å². The van der Waals surface area contributed by atoms with Crippen LogP contribution in [0, 0.1) is 6.92 Å². The van der Waals surface area contributed by atoms with Gasteiger partial charge < -0.3 is 0 Å². The third-order valence-electron chi connectivity index (χ3n) is 3.89. The summed E-state index contributed by atoms with van der Waals surface area (Å²) in [6.45, 7) is 3.73. The molecule has 8 heteroatoms. The summed E-state index contributed by atoms with van der Waals surface area (Å²) >= 11 is 6.26. The van der Waals surface area contributed by atoms with Crippen LogP contribution in [0.15, 0.2) is 76.0 Å². The van der Waals surface area contributed by atoms with Crippen molar-refractivity contribution in [1.29, 1.82) is 0 Å². The van der Waals surface area contributed by atoms with E-state index in [2.05, 4.69) is 4.83 Å². The minimum Gasteiger partial charge on any atom is -0.267 e. The molecule has 0 atom stereocenters. The van der Waals surface area contributed by atoms with Crippen LogP contribution >= 0.6 is 24.0 Å². The SMILES string of the molecule is CC(=C\c1ccccc1)/C=C1/SC(=S)N(NS(=O)(=O)c2ccc(C)cc2)C1=O. The first kappa shape index (κ1) is 20.5. The van der Waals surface area contributed by atoms with Gasteiger partial charge in [0.15, 0.2) is 4.32 Å². The van der Waals surface area contributed by atoms with Gasteiger partial charge in [-0.15, -0.1) is 4.83 Å². The Kier molecular flexibility index (Phi) is 6.14. The molecule has 0 aliphatic carbocycles. The summed E-state index contributed by atoms with van der Waals surface area (Å²) in [4.78, 5) is 15.4. The highest BCUT2D eigenvalue weighted by atomic mass is 32.2. The average Bonchev–Trinajstić information content (AvgIpc) is 2.90. The lowest BCUT2D eigenvalue weighted by Crippen LogP contribution is -2.44. The molecule has 1 amide bonds. The quantitative estimate of drug-likeness (QED) is 0.573. The van der Waals surface area contributed by atoms with Crippen LogP contribution in [0.4, 0.5) is 0 Å². The summed E-state index contributed by atoms with van der Waals surface area (Å²) in [7, 11) is -3.91. The summed E-state index contributed by atoms with van der Waals surface area (Å²) in [6, 6.07) is 16.0. The molecule has 0 unspecified atom stereocenters. The first-order chi connectivity index (χ1) is 13.3. The van der Waals surface area contributed by atoms with Crippen molar-refractivity contribution in [3.63, 3.8) is 0 Å². The van der Waals surface area contributed by atoms with Crippen molar-refractivity contribution in [1.82, 2.24) is 9.84 Å². The number of carbonyl (C=O) groups is 1. The van der Waals surface area contributed by atoms with E-state index >= 15 is 0 Å². The molecule has 1 heterocycles. The van der Waals surface area contributed by atoms with Crippen molar-refractivity contribution in [2.24, 2.45) is 0 Å². The maximum atomic E-state index is 12.7. The number of aryl methyl sites for hydroxylation is 1. The van der Waals surface area contributed by atoms with E-state index in [-0.39, 0.29) is 9.22 Å². The van der Waals surface area contributed by atoms with Crippen molar-refractivity contribution in [3.8, 4) is 0 Å². The van der Waals surface area contributed by atoms with Crippen molar-refractivity contribution < 1.29 is 13.2 Å². The van der Waals surface area contributed by atoms with Gasteiger partial charge in [-0.1, -0.05) is 78.1 Å². The molecule has 0 saturated carbocycles. The molecule has 3 rings (SSSR count). The zero-order chi connectivity index (χ0) is 20.3. The number of nitrogens with one attached hydrogen (secondary N) is 1. The first-order valence-electron chi connectivity index (χ1n) is 8.37. The monoisotopic (exact) mass is 430 g/mol. The molecule has 1 fully saturated rings. The number of carbonyl (C=O) groups excluding carboxylic acids is 1. The number of amides is 1. The van der Waals surface area contributed by atoms with Crippen LogP contribution < -0.4 is 4.83 Å². The molecular weight excluding hydrogens is 412 g/mol. The summed E-state index contributed by atoms with van der Waals surface area (Å²) in [5, 5.41) is 0.900. The van der Waals surface area contributed by atoms with E-state index < -0.39 is 15.9 Å². The molecule has 0 bridgehead atoms. The van der Waals surface area contributed by atoms with Gasteiger partial charge in [-0.25, -0.2) is 13.4 Å². The van der Waals surface area contributed by atoms with Crippen LogP contribution in [0.2, 0.25) is 0 Å². The molecule has 0 aromatic heterocycles. The predicted molar refractivity (Wildman–Crippen MR) is 117 cm³/mol. The van der Waals surface area contributed by atoms with Gasteiger partial charge in [0.1, 0.15) is 0 Å². The lowest BCUT2D eigenvalue weighted by atomic mass is 10.1. The van der Waals surface area contributed by atoms with Gasteiger partial charge in [-0.3, -0.25) is 4.79 Å². The molecule has 0 spiro atoms. The second kappa shape index (κ2) is 8.40. The third kappa shape index (κ3) is 4.77. The van der Waals surface area contributed by atoms with E-state index in [1.807, 2.05) is 50.3 Å². The standard InChI is InChI=1S/C20H18N2O3S3/c1-14-8-10-17(11-9-14)28(24,25)21-22-19(23)18(27-20(22)26)13-15(2)12-16-6-4-3-5-7-16/h3-13,21H,1-2H3/b15-12+,18-13+.